The molecule has 0 saturated carbocycles. The zero-order valence-electron chi connectivity index (χ0n) is 9.82. The Hall–Kier alpha value is -1.20. The van der Waals surface area contributed by atoms with E-state index >= 15 is 0 Å². The van der Waals surface area contributed by atoms with Crippen molar-refractivity contribution in [3.8, 4) is 6.07 Å². The van der Waals surface area contributed by atoms with Crippen molar-refractivity contribution >= 4 is 10.1 Å². The summed E-state index contributed by atoms with van der Waals surface area (Å²) in [7, 11) is 0. The topological polar surface area (TPSA) is 61.1 Å². The summed E-state index contributed by atoms with van der Waals surface area (Å²) in [6.45, 7) is 4.99. The fourth-order valence-electron chi connectivity index (χ4n) is 0.579. The van der Waals surface area contributed by atoms with E-state index < -0.39 is 11.4 Å². The molecule has 0 aromatic heterocycles. The van der Waals surface area contributed by atoms with Crippen LogP contribution in [0.5, 0.6) is 0 Å². The molecule has 1 aromatic carbocycles. The van der Waals surface area contributed by atoms with Crippen molar-refractivity contribution in [2.45, 2.75) is 20.8 Å². The molecule has 3 nitrogen and oxygen atoms in total. The van der Waals surface area contributed by atoms with Crippen molar-refractivity contribution in [1.29, 1.82) is 5.26 Å². The second-order valence-corrected chi connectivity index (χ2v) is 6.08. The first kappa shape index (κ1) is 14.8. The van der Waals surface area contributed by atoms with Crippen molar-refractivity contribution < 1.29 is 28.2 Å². The fourth-order valence-corrected chi connectivity index (χ4v) is 1.07. The molecule has 0 saturated heterocycles. The molecule has 81 valence electrons. The zero-order valence-corrected chi connectivity index (χ0v) is 12.8. The molecule has 0 unspecified atom stereocenters. The van der Waals surface area contributed by atoms with Crippen LogP contribution < -0.4 is 4.16 Å². The Balaban J connectivity index is 0.000000293. The summed E-state index contributed by atoms with van der Waals surface area (Å²) in [6.07, 6.45) is 0. The van der Waals surface area contributed by atoms with Crippen LogP contribution in [0.1, 0.15) is 26.3 Å². The van der Waals surface area contributed by atoms with Crippen LogP contribution >= 0.6 is 0 Å². The molecule has 16 heavy (non-hydrogen) atoms. The number of carbonyl (C=O) groups is 1. The van der Waals surface area contributed by atoms with Crippen molar-refractivity contribution in [2.24, 2.45) is 5.41 Å². The molecule has 1 rings (SSSR count). The maximum absolute atomic E-state index is 10.0. The molecule has 0 aliphatic rings. The monoisotopic (exact) mass is 268 g/mol. The Morgan fingerprint density at radius 2 is 1.69 bits per heavy atom. The summed E-state index contributed by atoms with van der Waals surface area (Å²) in [5.74, 6) is -0.757. The minimum atomic E-state index is -0.757. The predicted molar refractivity (Wildman–Crippen MR) is 57.9 cm³/mol. The zero-order chi connectivity index (χ0) is 12.8. The first-order chi connectivity index (χ1) is 7.27. The normalized spacial score (nSPS) is 9.75. The molecular formula is C12H14NO2Zn. The molecule has 0 bridgehead atoms. The van der Waals surface area contributed by atoms with Gasteiger partial charge in [0.2, 0.25) is 0 Å². The Kier molecular flexibility index (Phi) is 5.92. The third kappa shape index (κ3) is 6.32. The van der Waals surface area contributed by atoms with Gasteiger partial charge in [-0.25, -0.2) is 0 Å². The quantitative estimate of drug-likeness (QED) is 0.731. The summed E-state index contributed by atoms with van der Waals surface area (Å²) < 4.78 is 1.31. The van der Waals surface area contributed by atoms with E-state index in [1.807, 2.05) is 24.3 Å². The number of nitrogens with zero attached hydrogens (tertiary/aromatic N) is 1. The van der Waals surface area contributed by atoms with Gasteiger partial charge < -0.3 is 5.11 Å². The number of rotatable bonds is 0. The number of hydrogen-bond donors (Lipinski definition) is 1. The van der Waals surface area contributed by atoms with E-state index in [0.29, 0.717) is 0 Å². The van der Waals surface area contributed by atoms with E-state index in [2.05, 4.69) is 6.07 Å². The van der Waals surface area contributed by atoms with Gasteiger partial charge in [-0.15, -0.1) is 0 Å². The fraction of sp³-hybridized carbons (Fsp3) is 0.333. The minimum absolute atomic E-state index is 0.583. The van der Waals surface area contributed by atoms with Crippen molar-refractivity contribution in [3.63, 3.8) is 0 Å². The number of hydrogen-bond acceptors (Lipinski definition) is 2. The number of nitriles is 1. The van der Waals surface area contributed by atoms with Crippen LogP contribution in [0.4, 0.5) is 0 Å². The van der Waals surface area contributed by atoms with Crippen LogP contribution in [0, 0.1) is 16.7 Å². The van der Waals surface area contributed by atoms with Gasteiger partial charge in [0.25, 0.3) is 0 Å². The van der Waals surface area contributed by atoms with Crippen LogP contribution in [0.2, 0.25) is 0 Å². The summed E-state index contributed by atoms with van der Waals surface area (Å²) in [5.41, 5.74) is 0.159. The second kappa shape index (κ2) is 6.40. The third-order valence-electron chi connectivity index (χ3n) is 1.72. The molecule has 0 amide bonds. The molecule has 0 spiro atoms. The average Bonchev–Trinajstić information content (AvgIpc) is 2.18. The third-order valence-corrected chi connectivity index (χ3v) is 2.71. The van der Waals surface area contributed by atoms with Gasteiger partial charge in [-0.05, 0) is 20.8 Å². The van der Waals surface area contributed by atoms with Gasteiger partial charge in [0.05, 0.1) is 5.41 Å². The summed E-state index contributed by atoms with van der Waals surface area (Å²) in [6, 6.07) is 9.73. The average molecular weight is 270 g/mol. The second-order valence-electron chi connectivity index (χ2n) is 4.36. The number of benzene rings is 1. The number of carboxylic acids is 1. The van der Waals surface area contributed by atoms with E-state index in [9.17, 15) is 4.79 Å². The van der Waals surface area contributed by atoms with Gasteiger partial charge in [-0.2, -0.15) is 0 Å². The molecule has 0 radical (unpaired) electrons. The number of aliphatic carboxylic acids is 1. The summed E-state index contributed by atoms with van der Waals surface area (Å²) in [5, 5.41) is 16.6. The van der Waals surface area contributed by atoms with E-state index in [-0.39, 0.29) is 0 Å². The van der Waals surface area contributed by atoms with Crippen LogP contribution in [0.25, 0.3) is 0 Å². The van der Waals surface area contributed by atoms with Crippen molar-refractivity contribution in [2.75, 3.05) is 0 Å². The molecular weight excluding hydrogens is 256 g/mol. The van der Waals surface area contributed by atoms with Crippen LogP contribution in [-0.2, 0) is 23.1 Å². The van der Waals surface area contributed by atoms with Crippen molar-refractivity contribution in [1.82, 2.24) is 0 Å². The van der Waals surface area contributed by atoms with E-state index in [1.54, 1.807) is 20.8 Å². The Morgan fingerprint density at radius 3 is 1.94 bits per heavy atom. The maximum atomic E-state index is 10.0. The predicted octanol–water partition coefficient (Wildman–Crippen LogP) is 1.85. The Bertz CT molecular complexity index is 385. The molecule has 4 heteroatoms. The van der Waals surface area contributed by atoms with Crippen LogP contribution in [-0.4, -0.2) is 11.1 Å². The summed E-state index contributed by atoms with van der Waals surface area (Å²) in [4.78, 5) is 10.0. The van der Waals surface area contributed by atoms with Gasteiger partial charge in [0.1, 0.15) is 0 Å². The molecule has 1 aromatic rings. The molecule has 0 fully saturated rings. The first-order valence-electron chi connectivity index (χ1n) is 4.83. The first-order valence-corrected chi connectivity index (χ1v) is 6.31. The van der Waals surface area contributed by atoms with E-state index in [1.165, 1.54) is 4.16 Å². The molecule has 0 heterocycles. The van der Waals surface area contributed by atoms with Gasteiger partial charge in [0.15, 0.2) is 0 Å². The SMILES string of the molecule is CC(C)(C)C(=O)O.N#Cc1cc[c]([Zn])cc1. The van der Waals surface area contributed by atoms with Gasteiger partial charge in [-0.3, -0.25) is 4.79 Å². The number of carboxylic acid groups (broad SMARTS) is 1. The van der Waals surface area contributed by atoms with Crippen LogP contribution in [0.3, 0.4) is 0 Å². The van der Waals surface area contributed by atoms with Gasteiger partial charge >= 0.3 is 69.6 Å². The molecule has 0 aliphatic heterocycles. The van der Waals surface area contributed by atoms with E-state index in [0.717, 1.165) is 23.9 Å². The van der Waals surface area contributed by atoms with E-state index in [4.69, 9.17) is 10.4 Å². The Morgan fingerprint density at radius 1 is 1.31 bits per heavy atom. The molecule has 0 atom stereocenters. The van der Waals surface area contributed by atoms with Gasteiger partial charge in [0, 0.05) is 0 Å². The summed E-state index contributed by atoms with van der Waals surface area (Å²) >= 11 is 1.16. The standard InChI is InChI=1S/C7H4N.C5H10O2.Zn/c8-6-7-4-2-1-3-5-7;1-5(2,3)4(6)7;/h2-5H;1-3H3,(H,6,7);. The molecule has 1 N–H and O–H groups in total. The van der Waals surface area contributed by atoms with Gasteiger partial charge in [-0.1, -0.05) is 0 Å². The van der Waals surface area contributed by atoms with Crippen molar-refractivity contribution in [3.05, 3.63) is 29.8 Å². The molecule has 0 aliphatic carbocycles. The van der Waals surface area contributed by atoms with Crippen LogP contribution in [0.15, 0.2) is 24.3 Å². The Labute approximate surface area is 106 Å².